The van der Waals surface area contributed by atoms with Gasteiger partial charge in [-0.25, -0.2) is 4.99 Å². The zero-order chi connectivity index (χ0) is 22.0. The van der Waals surface area contributed by atoms with E-state index in [0.29, 0.717) is 22.8 Å². The van der Waals surface area contributed by atoms with E-state index in [1.165, 1.54) is 13.2 Å². The highest BCUT2D eigenvalue weighted by Crippen LogP contribution is 2.31. The Kier molecular flexibility index (Phi) is 5.45. The summed E-state index contributed by atoms with van der Waals surface area (Å²) < 4.78 is 5.17. The summed E-state index contributed by atoms with van der Waals surface area (Å²) in [5, 5.41) is 9.84. The molecule has 1 aliphatic rings. The molecule has 0 aromatic heterocycles. The number of carbonyl (C=O) groups is 1. The van der Waals surface area contributed by atoms with Crippen molar-refractivity contribution >= 4 is 29.2 Å². The SMILES string of the molecule is COc1cc(/C=C2\N=C(c3ccccc3)N(c3ccc(N(C)C)cc3)C2=O)ccc1O. The maximum Gasteiger partial charge on any atom is 0.282 e. The summed E-state index contributed by atoms with van der Waals surface area (Å²) in [5.41, 5.74) is 3.65. The zero-order valence-electron chi connectivity index (χ0n) is 17.6. The molecule has 4 rings (SSSR count). The number of amidine groups is 1. The summed E-state index contributed by atoms with van der Waals surface area (Å²) in [6.45, 7) is 0. The fourth-order valence-corrected chi connectivity index (χ4v) is 3.38. The minimum Gasteiger partial charge on any atom is -0.504 e. The Hall–Kier alpha value is -4.06. The molecular weight excluding hydrogens is 390 g/mol. The Morgan fingerprint density at radius 3 is 2.35 bits per heavy atom. The van der Waals surface area contributed by atoms with Crippen LogP contribution in [0.5, 0.6) is 11.5 Å². The monoisotopic (exact) mass is 413 g/mol. The highest BCUT2D eigenvalue weighted by atomic mass is 16.5. The van der Waals surface area contributed by atoms with Crippen molar-refractivity contribution in [1.82, 2.24) is 0 Å². The molecule has 156 valence electrons. The summed E-state index contributed by atoms with van der Waals surface area (Å²) in [5.74, 6) is 0.727. The van der Waals surface area contributed by atoms with Crippen LogP contribution in [0.1, 0.15) is 11.1 Å². The minimum atomic E-state index is -0.219. The predicted molar refractivity (Wildman–Crippen MR) is 124 cm³/mol. The molecule has 0 spiro atoms. The van der Waals surface area contributed by atoms with Crippen LogP contribution in [0.3, 0.4) is 0 Å². The van der Waals surface area contributed by atoms with E-state index in [2.05, 4.69) is 4.99 Å². The van der Waals surface area contributed by atoms with E-state index in [1.807, 2.05) is 73.6 Å². The van der Waals surface area contributed by atoms with Crippen LogP contribution in [0.4, 0.5) is 11.4 Å². The van der Waals surface area contributed by atoms with Gasteiger partial charge < -0.3 is 14.7 Å². The highest BCUT2D eigenvalue weighted by Gasteiger charge is 2.32. The summed E-state index contributed by atoms with van der Waals surface area (Å²) in [6, 6.07) is 22.3. The number of hydrogen-bond acceptors (Lipinski definition) is 5. The third kappa shape index (κ3) is 4.00. The van der Waals surface area contributed by atoms with Crippen molar-refractivity contribution in [2.75, 3.05) is 31.0 Å². The van der Waals surface area contributed by atoms with Gasteiger partial charge in [0.25, 0.3) is 5.91 Å². The standard InChI is InChI=1S/C25H23N3O3/c1-27(2)19-10-12-20(13-11-19)28-24(18-7-5-4-6-8-18)26-21(25(28)30)15-17-9-14-22(29)23(16-17)31-3/h4-16,29H,1-3H3/b21-15-. The first-order valence-electron chi connectivity index (χ1n) is 9.82. The van der Waals surface area contributed by atoms with Crippen molar-refractivity contribution < 1.29 is 14.6 Å². The lowest BCUT2D eigenvalue weighted by Crippen LogP contribution is -2.32. The Labute approximate surface area is 181 Å². The molecule has 0 unspecified atom stereocenters. The molecule has 0 aliphatic carbocycles. The molecule has 1 aliphatic heterocycles. The van der Waals surface area contributed by atoms with Gasteiger partial charge in [-0.1, -0.05) is 36.4 Å². The lowest BCUT2D eigenvalue weighted by atomic mass is 10.1. The topological polar surface area (TPSA) is 65.4 Å². The Morgan fingerprint density at radius 1 is 1.00 bits per heavy atom. The number of carbonyl (C=O) groups excluding carboxylic acids is 1. The number of aliphatic imine (C=N–C) groups is 1. The first-order valence-corrected chi connectivity index (χ1v) is 9.82. The molecule has 0 saturated carbocycles. The number of ether oxygens (including phenoxy) is 1. The lowest BCUT2D eigenvalue weighted by molar-refractivity contribution is -0.113. The summed E-state index contributed by atoms with van der Waals surface area (Å²) in [4.78, 5) is 21.7. The summed E-state index contributed by atoms with van der Waals surface area (Å²) in [7, 11) is 5.43. The van der Waals surface area contributed by atoms with Crippen LogP contribution in [-0.4, -0.2) is 38.1 Å². The number of amides is 1. The van der Waals surface area contributed by atoms with Gasteiger partial charge in [0.1, 0.15) is 11.5 Å². The van der Waals surface area contributed by atoms with Gasteiger partial charge in [-0.05, 0) is 48.0 Å². The zero-order valence-corrected chi connectivity index (χ0v) is 17.6. The Balaban J connectivity index is 1.78. The van der Waals surface area contributed by atoms with E-state index in [-0.39, 0.29) is 11.7 Å². The van der Waals surface area contributed by atoms with E-state index in [4.69, 9.17) is 4.74 Å². The van der Waals surface area contributed by atoms with Crippen LogP contribution in [0.15, 0.2) is 83.5 Å². The number of phenols is 1. The second-order valence-corrected chi connectivity index (χ2v) is 7.31. The van der Waals surface area contributed by atoms with Gasteiger partial charge in [0, 0.05) is 25.3 Å². The molecule has 0 bridgehead atoms. The van der Waals surface area contributed by atoms with Gasteiger partial charge in [0.15, 0.2) is 11.5 Å². The molecule has 0 atom stereocenters. The lowest BCUT2D eigenvalue weighted by Gasteiger charge is -2.20. The molecule has 1 amide bonds. The van der Waals surface area contributed by atoms with Crippen molar-refractivity contribution in [1.29, 1.82) is 0 Å². The van der Waals surface area contributed by atoms with E-state index in [9.17, 15) is 9.90 Å². The van der Waals surface area contributed by atoms with E-state index >= 15 is 0 Å². The molecule has 6 heteroatoms. The quantitative estimate of drug-likeness (QED) is 0.634. The van der Waals surface area contributed by atoms with Crippen LogP contribution < -0.4 is 14.5 Å². The average Bonchev–Trinajstić information content (AvgIpc) is 3.11. The van der Waals surface area contributed by atoms with Crippen LogP contribution in [0, 0.1) is 0 Å². The van der Waals surface area contributed by atoms with E-state index < -0.39 is 0 Å². The van der Waals surface area contributed by atoms with Gasteiger partial charge in [-0.3, -0.25) is 9.69 Å². The number of aromatic hydroxyl groups is 1. The number of hydrogen-bond donors (Lipinski definition) is 1. The van der Waals surface area contributed by atoms with Gasteiger partial charge in [-0.15, -0.1) is 0 Å². The van der Waals surface area contributed by atoms with Crippen molar-refractivity contribution in [2.45, 2.75) is 0 Å². The van der Waals surface area contributed by atoms with Crippen LogP contribution in [-0.2, 0) is 4.79 Å². The van der Waals surface area contributed by atoms with E-state index in [1.54, 1.807) is 23.1 Å². The third-order valence-corrected chi connectivity index (χ3v) is 5.02. The van der Waals surface area contributed by atoms with Gasteiger partial charge in [0.2, 0.25) is 0 Å². The highest BCUT2D eigenvalue weighted by molar-refractivity contribution is 6.33. The van der Waals surface area contributed by atoms with Crippen LogP contribution in [0.2, 0.25) is 0 Å². The van der Waals surface area contributed by atoms with Crippen LogP contribution in [0.25, 0.3) is 6.08 Å². The molecule has 3 aromatic rings. The van der Waals surface area contributed by atoms with Gasteiger partial charge in [0.05, 0.1) is 12.8 Å². The molecule has 0 radical (unpaired) electrons. The third-order valence-electron chi connectivity index (χ3n) is 5.02. The van der Waals surface area contributed by atoms with Gasteiger partial charge in [-0.2, -0.15) is 0 Å². The normalized spacial score (nSPS) is 14.7. The second-order valence-electron chi connectivity index (χ2n) is 7.31. The van der Waals surface area contributed by atoms with Crippen molar-refractivity contribution in [2.24, 2.45) is 4.99 Å². The summed E-state index contributed by atoms with van der Waals surface area (Å²) >= 11 is 0. The number of benzene rings is 3. The van der Waals surface area contributed by atoms with Crippen molar-refractivity contribution in [3.63, 3.8) is 0 Å². The van der Waals surface area contributed by atoms with Crippen LogP contribution >= 0.6 is 0 Å². The smallest absolute Gasteiger partial charge is 0.282 e. The molecule has 1 N–H and O–H groups in total. The number of nitrogens with zero attached hydrogens (tertiary/aromatic N) is 3. The first kappa shape index (κ1) is 20.2. The second kappa shape index (κ2) is 8.36. The number of anilines is 2. The van der Waals surface area contributed by atoms with Crippen molar-refractivity contribution in [3.05, 3.63) is 89.6 Å². The molecule has 3 aromatic carbocycles. The molecule has 0 fully saturated rings. The average molecular weight is 413 g/mol. The fourth-order valence-electron chi connectivity index (χ4n) is 3.38. The minimum absolute atomic E-state index is 0.0403. The number of methoxy groups -OCH3 is 1. The van der Waals surface area contributed by atoms with E-state index in [0.717, 1.165) is 16.9 Å². The number of phenolic OH excluding ortho intramolecular Hbond substituents is 1. The summed E-state index contributed by atoms with van der Waals surface area (Å²) in [6.07, 6.45) is 1.70. The predicted octanol–water partition coefficient (Wildman–Crippen LogP) is 4.30. The molecule has 31 heavy (non-hydrogen) atoms. The Morgan fingerprint density at radius 2 is 1.71 bits per heavy atom. The first-order chi connectivity index (χ1) is 15.0. The molecular formula is C25H23N3O3. The fraction of sp³-hybridized carbons (Fsp3) is 0.120. The molecule has 0 saturated heterocycles. The maximum absolute atomic E-state index is 13.4. The molecule has 1 heterocycles. The number of rotatable bonds is 5. The maximum atomic E-state index is 13.4. The molecule has 6 nitrogen and oxygen atoms in total. The largest absolute Gasteiger partial charge is 0.504 e. The van der Waals surface area contributed by atoms with Crippen molar-refractivity contribution in [3.8, 4) is 11.5 Å². The Bertz CT molecular complexity index is 1170. The van der Waals surface area contributed by atoms with Gasteiger partial charge >= 0.3 is 0 Å².